The van der Waals surface area contributed by atoms with Gasteiger partial charge in [-0.2, -0.15) is 0 Å². The third kappa shape index (κ3) is 23.3. The number of carbonyl (C=O) groups is 2. The van der Waals surface area contributed by atoms with Crippen LogP contribution in [0.3, 0.4) is 0 Å². The van der Waals surface area contributed by atoms with Crippen LogP contribution >= 0.6 is 0 Å². The summed E-state index contributed by atoms with van der Waals surface area (Å²) < 4.78 is 0. The monoisotopic (exact) mass is 669 g/mol. The van der Waals surface area contributed by atoms with E-state index in [2.05, 4.69) is 26.0 Å². The molecule has 0 aromatic heterocycles. The van der Waals surface area contributed by atoms with Crippen LogP contribution in [0.25, 0.3) is 0 Å². The first kappa shape index (κ1) is 43.9. The second-order valence-electron chi connectivity index (χ2n) is 14.5. The molecule has 0 unspecified atom stereocenters. The molecule has 276 valence electrons. The molecule has 0 heterocycles. The number of rotatable bonds is 35. The highest BCUT2D eigenvalue weighted by Crippen LogP contribution is 2.25. The van der Waals surface area contributed by atoms with Crippen LogP contribution in [0.15, 0.2) is 24.3 Å². The third-order valence-electron chi connectivity index (χ3n) is 10.1. The van der Waals surface area contributed by atoms with E-state index in [-0.39, 0.29) is 11.1 Å². The second-order valence-corrected chi connectivity index (χ2v) is 14.5. The molecule has 2 N–H and O–H groups in total. The summed E-state index contributed by atoms with van der Waals surface area (Å²) in [6.07, 6.45) is 44.8. The number of allylic oxidation sites excluding steroid dienone is 2. The number of carboxylic acids is 2. The fraction of sp³-hybridized carbons (Fsp3) is 0.773. The molecule has 0 amide bonds. The van der Waals surface area contributed by atoms with Crippen molar-refractivity contribution < 1.29 is 19.8 Å². The predicted molar refractivity (Wildman–Crippen MR) is 207 cm³/mol. The molecule has 1 aromatic carbocycles. The van der Waals surface area contributed by atoms with Gasteiger partial charge in [0.1, 0.15) is 0 Å². The number of hydrogen-bond donors (Lipinski definition) is 2. The molecule has 0 aliphatic heterocycles. The van der Waals surface area contributed by atoms with E-state index in [1.54, 1.807) is 0 Å². The lowest BCUT2D eigenvalue weighted by Crippen LogP contribution is -2.14. The minimum absolute atomic E-state index is 0.0190. The fourth-order valence-corrected chi connectivity index (χ4v) is 7.05. The summed E-state index contributed by atoms with van der Waals surface area (Å²) in [5, 5.41) is 19.7. The van der Waals surface area contributed by atoms with Crippen LogP contribution in [0, 0.1) is 0 Å². The van der Waals surface area contributed by atoms with Crippen LogP contribution in [-0.4, -0.2) is 22.2 Å². The van der Waals surface area contributed by atoms with Gasteiger partial charge in [-0.15, -0.1) is 0 Å². The smallest absolute Gasteiger partial charge is 0.336 e. The number of benzene rings is 1. The molecular formula is C44H76O4. The van der Waals surface area contributed by atoms with Crippen LogP contribution in [0.1, 0.15) is 238 Å². The van der Waals surface area contributed by atoms with Gasteiger partial charge in [0.15, 0.2) is 0 Å². The molecule has 0 spiro atoms. The Bertz CT molecular complexity index is 949. The van der Waals surface area contributed by atoms with Gasteiger partial charge < -0.3 is 10.2 Å². The first-order valence-electron chi connectivity index (χ1n) is 20.8. The maximum absolute atomic E-state index is 12.2. The molecule has 4 nitrogen and oxygen atoms in total. The van der Waals surface area contributed by atoms with Crippen LogP contribution in [-0.2, 0) is 12.8 Å². The molecule has 4 heteroatoms. The van der Waals surface area contributed by atoms with Gasteiger partial charge in [0.25, 0.3) is 0 Å². The van der Waals surface area contributed by atoms with Crippen molar-refractivity contribution in [3.05, 3.63) is 46.5 Å². The Kier molecular flexibility index (Phi) is 29.4. The maximum Gasteiger partial charge on any atom is 0.336 e. The maximum atomic E-state index is 12.2. The zero-order valence-corrected chi connectivity index (χ0v) is 31.6. The quantitative estimate of drug-likeness (QED) is 0.0557. The summed E-state index contributed by atoms with van der Waals surface area (Å²) >= 11 is 0. The average Bonchev–Trinajstić information content (AvgIpc) is 3.07. The summed E-state index contributed by atoms with van der Waals surface area (Å²) in [6, 6.07) is 3.40. The van der Waals surface area contributed by atoms with Gasteiger partial charge in [0.05, 0.1) is 11.1 Å². The van der Waals surface area contributed by atoms with Gasteiger partial charge in [0.2, 0.25) is 0 Å². The average molecular weight is 669 g/mol. The molecule has 48 heavy (non-hydrogen) atoms. The summed E-state index contributed by atoms with van der Waals surface area (Å²) in [7, 11) is 0. The zero-order valence-electron chi connectivity index (χ0n) is 31.6. The van der Waals surface area contributed by atoms with E-state index in [9.17, 15) is 19.8 Å². The minimum atomic E-state index is -1.15. The first-order chi connectivity index (χ1) is 23.5. The molecule has 0 aliphatic carbocycles. The van der Waals surface area contributed by atoms with Gasteiger partial charge in [-0.3, -0.25) is 0 Å². The van der Waals surface area contributed by atoms with Crippen molar-refractivity contribution in [1.29, 1.82) is 0 Å². The van der Waals surface area contributed by atoms with Gasteiger partial charge >= 0.3 is 11.9 Å². The summed E-state index contributed by atoms with van der Waals surface area (Å²) in [5.41, 5.74) is 1.75. The Balaban J connectivity index is 2.29. The van der Waals surface area contributed by atoms with Crippen LogP contribution in [0.5, 0.6) is 0 Å². The Morgan fingerprint density at radius 1 is 0.458 bits per heavy atom. The van der Waals surface area contributed by atoms with Crippen molar-refractivity contribution >= 4 is 11.9 Å². The van der Waals surface area contributed by atoms with Crippen LogP contribution < -0.4 is 0 Å². The number of carboxylic acid groups (broad SMARTS) is 2. The van der Waals surface area contributed by atoms with E-state index in [1.807, 2.05) is 6.07 Å². The van der Waals surface area contributed by atoms with E-state index in [1.165, 1.54) is 173 Å². The standard InChI is InChI=1S/C44H76O4/c1-3-5-7-9-11-13-15-17-19-21-23-25-27-29-31-33-35-39-37-38-41(43(45)46)42(44(47)48)40(39)36-34-32-30-28-26-24-22-20-18-16-14-12-10-8-6-4-2/h17,19,37-38H,3-16,18,20-36H2,1-2H3,(H,45,46)(H,47,48). The van der Waals surface area contributed by atoms with Crippen molar-refractivity contribution in [2.45, 2.75) is 219 Å². The number of unbranched alkanes of at least 4 members (excludes halogenated alkanes) is 27. The highest BCUT2D eigenvalue weighted by atomic mass is 16.4. The highest BCUT2D eigenvalue weighted by molar-refractivity contribution is 6.03. The SMILES string of the molecule is CCCCCCCCC=CCCCCCCCCc1ccc(C(=O)O)c(C(=O)O)c1CCCCCCCCCCCCCCCCCC. The lowest BCUT2D eigenvalue weighted by Gasteiger charge is -2.15. The van der Waals surface area contributed by atoms with Crippen LogP contribution in [0.4, 0.5) is 0 Å². The minimum Gasteiger partial charge on any atom is -0.478 e. The van der Waals surface area contributed by atoms with Gasteiger partial charge in [-0.05, 0) is 68.6 Å². The molecule has 0 fully saturated rings. The molecule has 0 saturated carbocycles. The molecular weight excluding hydrogens is 592 g/mol. The largest absolute Gasteiger partial charge is 0.478 e. The van der Waals surface area contributed by atoms with Crippen molar-refractivity contribution in [1.82, 2.24) is 0 Å². The molecule has 0 saturated heterocycles. The van der Waals surface area contributed by atoms with E-state index in [0.717, 1.165) is 43.2 Å². The topological polar surface area (TPSA) is 74.6 Å². The number of aromatic carboxylic acids is 2. The fourth-order valence-electron chi connectivity index (χ4n) is 7.05. The third-order valence-corrected chi connectivity index (χ3v) is 10.1. The molecule has 0 aliphatic rings. The first-order valence-corrected chi connectivity index (χ1v) is 20.8. The Morgan fingerprint density at radius 2 is 0.812 bits per heavy atom. The molecule has 1 aromatic rings. The Morgan fingerprint density at radius 3 is 1.19 bits per heavy atom. The lowest BCUT2D eigenvalue weighted by molar-refractivity contribution is 0.0650. The van der Waals surface area contributed by atoms with Gasteiger partial charge in [-0.25, -0.2) is 9.59 Å². The number of aryl methyl sites for hydroxylation is 1. The van der Waals surface area contributed by atoms with Gasteiger partial charge in [-0.1, -0.05) is 186 Å². The highest BCUT2D eigenvalue weighted by Gasteiger charge is 2.22. The van der Waals surface area contributed by atoms with Crippen molar-refractivity contribution in [2.75, 3.05) is 0 Å². The lowest BCUT2D eigenvalue weighted by atomic mass is 9.89. The molecule has 0 atom stereocenters. The van der Waals surface area contributed by atoms with E-state index < -0.39 is 11.9 Å². The van der Waals surface area contributed by atoms with Gasteiger partial charge in [0, 0.05) is 0 Å². The summed E-state index contributed by atoms with van der Waals surface area (Å²) in [5.74, 6) is -2.26. The normalized spacial score (nSPS) is 11.5. The van der Waals surface area contributed by atoms with Crippen molar-refractivity contribution in [2.24, 2.45) is 0 Å². The van der Waals surface area contributed by atoms with E-state index in [0.29, 0.717) is 6.42 Å². The number of hydrogen-bond acceptors (Lipinski definition) is 2. The second kappa shape index (κ2) is 32.1. The molecule has 1 rings (SSSR count). The predicted octanol–water partition coefficient (Wildman–Crippen LogP) is 14.5. The van der Waals surface area contributed by atoms with E-state index >= 15 is 0 Å². The zero-order chi connectivity index (χ0) is 34.9. The van der Waals surface area contributed by atoms with Crippen LogP contribution in [0.2, 0.25) is 0 Å². The Labute approximate surface area is 297 Å². The van der Waals surface area contributed by atoms with E-state index in [4.69, 9.17) is 0 Å². The summed E-state index contributed by atoms with van der Waals surface area (Å²) in [4.78, 5) is 24.1. The molecule has 0 radical (unpaired) electrons. The summed E-state index contributed by atoms with van der Waals surface area (Å²) in [6.45, 7) is 4.54. The Hall–Kier alpha value is -2.10. The van der Waals surface area contributed by atoms with Crippen molar-refractivity contribution in [3.8, 4) is 0 Å². The van der Waals surface area contributed by atoms with Crippen molar-refractivity contribution in [3.63, 3.8) is 0 Å². The molecule has 0 bridgehead atoms.